The topological polar surface area (TPSA) is 87.1 Å². The van der Waals surface area contributed by atoms with E-state index in [1.54, 1.807) is 17.2 Å². The summed E-state index contributed by atoms with van der Waals surface area (Å²) >= 11 is 0. The number of carbonyl (C=O) groups excluding carboxylic acids is 2. The fraction of sp³-hybridized carbons (Fsp3) is 0.500. The van der Waals surface area contributed by atoms with Gasteiger partial charge in [-0.25, -0.2) is 0 Å². The predicted molar refractivity (Wildman–Crippen MR) is 86.7 cm³/mol. The normalized spacial score (nSPS) is 21.0. The molecule has 8 nitrogen and oxygen atoms in total. The molecule has 1 atom stereocenters. The minimum atomic E-state index is -0.0519. The number of aromatic nitrogens is 4. The largest absolute Gasteiger partial charge is 0.335 e. The van der Waals surface area contributed by atoms with Gasteiger partial charge in [-0.05, 0) is 25.8 Å². The summed E-state index contributed by atoms with van der Waals surface area (Å²) in [7, 11) is 0. The average Bonchev–Trinajstić information content (AvgIpc) is 3.33. The molecule has 4 rings (SSSR count). The van der Waals surface area contributed by atoms with E-state index in [0.29, 0.717) is 25.2 Å². The van der Waals surface area contributed by atoms with Gasteiger partial charge in [0.15, 0.2) is 0 Å². The van der Waals surface area contributed by atoms with E-state index in [0.717, 1.165) is 30.8 Å². The predicted octanol–water partition coefficient (Wildman–Crippen LogP) is 1.13. The Morgan fingerprint density at radius 3 is 2.96 bits per heavy atom. The van der Waals surface area contributed by atoms with Gasteiger partial charge in [-0.15, -0.1) is 0 Å². The first-order valence-corrected chi connectivity index (χ1v) is 8.27. The third-order valence-electron chi connectivity index (χ3n) is 4.72. The smallest absolute Gasteiger partial charge is 0.274 e. The molecular weight excluding hydrogens is 308 g/mol. The summed E-state index contributed by atoms with van der Waals surface area (Å²) in [6.45, 7) is 3.94. The molecule has 1 N–H and O–H groups in total. The molecular formula is C16H20N6O2. The van der Waals surface area contributed by atoms with Gasteiger partial charge >= 0.3 is 0 Å². The minimum absolute atomic E-state index is 0.0519. The van der Waals surface area contributed by atoms with Crippen LogP contribution in [-0.4, -0.2) is 56.3 Å². The van der Waals surface area contributed by atoms with E-state index in [9.17, 15) is 9.59 Å². The van der Waals surface area contributed by atoms with Gasteiger partial charge in [-0.3, -0.25) is 19.4 Å². The summed E-state index contributed by atoms with van der Waals surface area (Å²) in [5.74, 6) is 0.107. The number of H-pyrrole nitrogens is 1. The highest BCUT2D eigenvalue weighted by Crippen LogP contribution is 2.26. The number of aryl methyl sites for hydroxylation is 1. The molecule has 24 heavy (non-hydrogen) atoms. The highest BCUT2D eigenvalue weighted by atomic mass is 16.2. The molecule has 0 spiro atoms. The summed E-state index contributed by atoms with van der Waals surface area (Å²) < 4.78 is 1.88. The number of aromatic amines is 1. The highest BCUT2D eigenvalue weighted by Gasteiger charge is 2.30. The van der Waals surface area contributed by atoms with Crippen molar-refractivity contribution >= 4 is 17.5 Å². The first kappa shape index (κ1) is 14.9. The van der Waals surface area contributed by atoms with Crippen LogP contribution in [0.1, 0.15) is 41.5 Å². The van der Waals surface area contributed by atoms with E-state index in [4.69, 9.17) is 0 Å². The van der Waals surface area contributed by atoms with Gasteiger partial charge in [0.1, 0.15) is 5.69 Å². The van der Waals surface area contributed by atoms with Gasteiger partial charge in [0, 0.05) is 37.9 Å². The van der Waals surface area contributed by atoms with Crippen LogP contribution in [0.5, 0.6) is 0 Å². The molecule has 126 valence electrons. The Balaban J connectivity index is 1.44. The third kappa shape index (κ3) is 2.57. The minimum Gasteiger partial charge on any atom is -0.335 e. The molecule has 1 unspecified atom stereocenters. The van der Waals surface area contributed by atoms with Gasteiger partial charge < -0.3 is 9.80 Å². The van der Waals surface area contributed by atoms with Gasteiger partial charge in [-0.2, -0.15) is 10.2 Å². The Morgan fingerprint density at radius 1 is 1.38 bits per heavy atom. The van der Waals surface area contributed by atoms with Crippen LogP contribution in [0.4, 0.5) is 5.69 Å². The molecule has 0 aromatic carbocycles. The Kier molecular flexibility index (Phi) is 3.59. The molecule has 0 radical (unpaired) electrons. The lowest BCUT2D eigenvalue weighted by Crippen LogP contribution is -2.29. The van der Waals surface area contributed by atoms with Crippen molar-refractivity contribution in [3.05, 3.63) is 29.8 Å². The van der Waals surface area contributed by atoms with E-state index >= 15 is 0 Å². The summed E-state index contributed by atoms with van der Waals surface area (Å²) in [6.07, 6.45) is 6.02. The number of hydrogen-bond donors (Lipinski definition) is 1. The lowest BCUT2D eigenvalue weighted by atomic mass is 10.3. The fourth-order valence-corrected chi connectivity index (χ4v) is 3.42. The number of nitrogens with zero attached hydrogens (tertiary/aromatic N) is 5. The van der Waals surface area contributed by atoms with Crippen LogP contribution in [0.25, 0.3) is 0 Å². The van der Waals surface area contributed by atoms with Crippen LogP contribution in [0.3, 0.4) is 0 Å². The third-order valence-corrected chi connectivity index (χ3v) is 4.72. The molecule has 0 saturated carbocycles. The van der Waals surface area contributed by atoms with E-state index < -0.39 is 0 Å². The second-order valence-corrected chi connectivity index (χ2v) is 6.46. The van der Waals surface area contributed by atoms with Crippen LogP contribution in [0.2, 0.25) is 0 Å². The number of carbonyl (C=O) groups is 2. The second-order valence-electron chi connectivity index (χ2n) is 6.46. The quantitative estimate of drug-likeness (QED) is 0.915. The van der Waals surface area contributed by atoms with Crippen molar-refractivity contribution in [3.63, 3.8) is 0 Å². The maximum absolute atomic E-state index is 12.5. The van der Waals surface area contributed by atoms with Gasteiger partial charge in [-0.1, -0.05) is 0 Å². The maximum Gasteiger partial charge on any atom is 0.274 e. The van der Waals surface area contributed by atoms with Crippen molar-refractivity contribution < 1.29 is 9.59 Å². The van der Waals surface area contributed by atoms with Crippen LogP contribution < -0.4 is 4.90 Å². The first-order valence-electron chi connectivity index (χ1n) is 8.27. The number of nitrogens with one attached hydrogen (secondary N) is 1. The average molecular weight is 328 g/mol. The van der Waals surface area contributed by atoms with Crippen molar-refractivity contribution in [1.82, 2.24) is 24.9 Å². The SMILES string of the molecule is Cc1cc(C(=O)N2CCC(n3cc(N4CCCC4=O)cn3)C2)n[nH]1. The summed E-state index contributed by atoms with van der Waals surface area (Å²) in [4.78, 5) is 27.9. The zero-order chi connectivity index (χ0) is 16.7. The lowest BCUT2D eigenvalue weighted by molar-refractivity contribution is -0.117. The monoisotopic (exact) mass is 328 g/mol. The van der Waals surface area contributed by atoms with E-state index in [2.05, 4.69) is 15.3 Å². The molecule has 0 aliphatic carbocycles. The van der Waals surface area contributed by atoms with Crippen LogP contribution in [0.15, 0.2) is 18.5 Å². The zero-order valence-electron chi connectivity index (χ0n) is 13.6. The summed E-state index contributed by atoms with van der Waals surface area (Å²) in [6, 6.07) is 1.90. The van der Waals surface area contributed by atoms with Crippen molar-refractivity contribution in [3.8, 4) is 0 Å². The zero-order valence-corrected chi connectivity index (χ0v) is 13.6. The molecule has 2 aromatic heterocycles. The number of hydrogen-bond acceptors (Lipinski definition) is 4. The molecule has 4 heterocycles. The van der Waals surface area contributed by atoms with Crippen molar-refractivity contribution in [2.45, 2.75) is 32.2 Å². The Bertz CT molecular complexity index is 779. The number of amides is 2. The molecule has 2 saturated heterocycles. The van der Waals surface area contributed by atoms with Gasteiger partial charge in [0.05, 0.1) is 17.9 Å². The molecule has 2 aliphatic heterocycles. The molecule has 2 fully saturated rings. The summed E-state index contributed by atoms with van der Waals surface area (Å²) in [5.41, 5.74) is 2.18. The molecule has 0 bridgehead atoms. The Hall–Kier alpha value is -2.64. The van der Waals surface area contributed by atoms with Crippen LogP contribution >= 0.6 is 0 Å². The molecule has 8 heteroatoms. The van der Waals surface area contributed by atoms with Crippen molar-refractivity contribution in [2.75, 3.05) is 24.5 Å². The highest BCUT2D eigenvalue weighted by molar-refractivity contribution is 5.95. The lowest BCUT2D eigenvalue weighted by Gasteiger charge is -2.15. The standard InChI is InChI=1S/C16H20N6O2/c1-11-7-14(19-18-11)16(24)20-6-4-12(9-20)22-10-13(8-17-22)21-5-2-3-15(21)23/h7-8,10,12H,2-6,9H2,1H3,(H,18,19). The Morgan fingerprint density at radius 2 is 2.25 bits per heavy atom. The van der Waals surface area contributed by atoms with Gasteiger partial charge in [0.25, 0.3) is 5.91 Å². The Labute approximate surface area is 139 Å². The fourth-order valence-electron chi connectivity index (χ4n) is 3.42. The molecule has 2 amide bonds. The van der Waals surface area contributed by atoms with Crippen molar-refractivity contribution in [1.29, 1.82) is 0 Å². The number of rotatable bonds is 3. The summed E-state index contributed by atoms with van der Waals surface area (Å²) in [5, 5.41) is 11.3. The number of likely N-dealkylation sites (tertiary alicyclic amines) is 1. The van der Waals surface area contributed by atoms with Crippen molar-refractivity contribution in [2.24, 2.45) is 0 Å². The maximum atomic E-state index is 12.5. The van der Waals surface area contributed by atoms with Crippen LogP contribution in [-0.2, 0) is 4.79 Å². The van der Waals surface area contributed by atoms with Gasteiger partial charge in [0.2, 0.25) is 5.91 Å². The number of anilines is 1. The van der Waals surface area contributed by atoms with E-state index in [1.165, 1.54) is 0 Å². The van der Waals surface area contributed by atoms with E-state index in [-0.39, 0.29) is 17.9 Å². The first-order chi connectivity index (χ1) is 11.6. The van der Waals surface area contributed by atoms with Crippen LogP contribution in [0, 0.1) is 6.92 Å². The second kappa shape index (κ2) is 5.77. The molecule has 2 aliphatic rings. The van der Waals surface area contributed by atoms with E-state index in [1.807, 2.05) is 22.7 Å². The molecule has 2 aromatic rings.